The van der Waals surface area contributed by atoms with Gasteiger partial charge in [0.05, 0.1) is 27.6 Å². The Kier molecular flexibility index (Phi) is 7.50. The molecule has 1 amide bonds. The Balaban J connectivity index is 1.86. The van der Waals surface area contributed by atoms with Gasteiger partial charge in [-0.2, -0.15) is 4.73 Å². The molecule has 0 aliphatic carbocycles. The van der Waals surface area contributed by atoms with Crippen LogP contribution in [0.1, 0.15) is 33.1 Å². The fraction of sp³-hybridized carbons (Fsp3) is 0.107. The molecule has 0 fully saturated rings. The van der Waals surface area contributed by atoms with Crippen LogP contribution in [0.5, 0.6) is 0 Å². The van der Waals surface area contributed by atoms with Crippen LogP contribution in [0.3, 0.4) is 0 Å². The fourth-order valence-electron chi connectivity index (χ4n) is 4.15. The van der Waals surface area contributed by atoms with Crippen molar-refractivity contribution in [3.05, 3.63) is 123 Å². The molecular weight excluding hydrogens is 502 g/mol. The minimum atomic E-state index is -1.11. The maximum absolute atomic E-state index is 15.1. The van der Waals surface area contributed by atoms with E-state index in [4.69, 9.17) is 16.7 Å². The topological polar surface area (TPSA) is 93.3 Å². The van der Waals surface area contributed by atoms with Gasteiger partial charge in [0.2, 0.25) is 5.91 Å². The summed E-state index contributed by atoms with van der Waals surface area (Å²) in [4.78, 5) is 24.8. The molecule has 0 spiro atoms. The lowest BCUT2D eigenvalue weighted by atomic mass is 9.85. The third kappa shape index (κ3) is 5.44. The van der Waals surface area contributed by atoms with Crippen molar-refractivity contribution >= 4 is 29.2 Å². The maximum atomic E-state index is 15.1. The summed E-state index contributed by atoms with van der Waals surface area (Å²) in [5, 5.41) is 24.0. The van der Waals surface area contributed by atoms with Crippen LogP contribution in [0, 0.1) is 23.8 Å². The number of carbonyl (C=O) groups is 2. The quantitative estimate of drug-likeness (QED) is 0.180. The molecule has 37 heavy (non-hydrogen) atoms. The number of carbonyl (C=O) groups excluding carboxylic acids is 1. The van der Waals surface area contributed by atoms with Crippen molar-refractivity contribution < 1.29 is 28.2 Å². The highest BCUT2D eigenvalue weighted by atomic mass is 35.5. The summed E-state index contributed by atoms with van der Waals surface area (Å²) in [5.41, 5.74) is 0.822. The van der Waals surface area contributed by atoms with E-state index >= 15 is 4.39 Å². The van der Waals surface area contributed by atoms with E-state index in [1.165, 1.54) is 43.5 Å². The minimum Gasteiger partial charge on any atom is -0.618 e. The normalized spacial score (nSPS) is 11.7. The minimum absolute atomic E-state index is 0.00533. The fourth-order valence-corrected chi connectivity index (χ4v) is 4.31. The predicted molar refractivity (Wildman–Crippen MR) is 135 cm³/mol. The summed E-state index contributed by atoms with van der Waals surface area (Å²) in [6.07, 6.45) is 1.33. The van der Waals surface area contributed by atoms with Crippen LogP contribution in [-0.2, 0) is 11.2 Å². The van der Waals surface area contributed by atoms with Crippen LogP contribution >= 0.6 is 11.6 Å². The number of nitrogens with one attached hydrogen (secondary N) is 1. The van der Waals surface area contributed by atoms with E-state index < -0.39 is 35.0 Å². The number of carboxylic acids is 1. The van der Waals surface area contributed by atoms with Gasteiger partial charge in [-0.15, -0.1) is 0 Å². The number of hydrogen-bond donors (Lipinski definition) is 2. The smallest absolute Gasteiger partial charge is 0.335 e. The zero-order chi connectivity index (χ0) is 26.7. The predicted octanol–water partition coefficient (Wildman–Crippen LogP) is 5.89. The monoisotopic (exact) mass is 522 g/mol. The standard InChI is InChI=1S/C28H21ClF2N2O4/c1-16-24(25-23(30)12-11-22(29)26(25)31)20(13-14-33(16)37)21(15-17-5-3-2-4-6-17)27(34)32-19-9-7-18(8-10-19)28(35)36/h2-14,21H,15H2,1H3,(H,32,34)(H,35,36). The number of hydrogen-bond acceptors (Lipinski definition) is 3. The number of amides is 1. The molecule has 6 nitrogen and oxygen atoms in total. The third-order valence-electron chi connectivity index (χ3n) is 6.04. The number of benzene rings is 3. The molecule has 3 aromatic carbocycles. The van der Waals surface area contributed by atoms with Gasteiger partial charge in [0.15, 0.2) is 17.7 Å². The average molecular weight is 523 g/mol. The Labute approximate surface area is 216 Å². The number of rotatable bonds is 7. The molecule has 1 heterocycles. The molecule has 0 bridgehead atoms. The Morgan fingerprint density at radius 2 is 1.68 bits per heavy atom. The second-order valence-corrected chi connectivity index (χ2v) is 8.80. The molecule has 4 aromatic rings. The van der Waals surface area contributed by atoms with Crippen LogP contribution in [0.4, 0.5) is 14.5 Å². The van der Waals surface area contributed by atoms with E-state index in [0.29, 0.717) is 10.4 Å². The number of aromatic carboxylic acids is 1. The first-order chi connectivity index (χ1) is 17.7. The van der Waals surface area contributed by atoms with Gasteiger partial charge in [-0.25, -0.2) is 13.6 Å². The van der Waals surface area contributed by atoms with E-state index in [0.717, 1.165) is 17.7 Å². The number of aromatic nitrogens is 1. The molecule has 0 aliphatic heterocycles. The SMILES string of the molecule is Cc1c(-c2c(F)ccc(Cl)c2F)c(C(Cc2ccccc2)C(=O)Nc2ccc(C(=O)O)cc2)cc[n+]1[O-]. The number of nitrogens with zero attached hydrogens (tertiary/aromatic N) is 1. The first-order valence-corrected chi connectivity index (χ1v) is 11.6. The van der Waals surface area contributed by atoms with Crippen molar-refractivity contribution in [2.75, 3.05) is 5.32 Å². The van der Waals surface area contributed by atoms with Crippen molar-refractivity contribution in [3.8, 4) is 11.1 Å². The van der Waals surface area contributed by atoms with E-state index in [9.17, 15) is 19.2 Å². The molecule has 0 radical (unpaired) electrons. The van der Waals surface area contributed by atoms with Crippen molar-refractivity contribution in [1.29, 1.82) is 0 Å². The van der Waals surface area contributed by atoms with Gasteiger partial charge in [0.25, 0.3) is 0 Å². The van der Waals surface area contributed by atoms with Crippen molar-refractivity contribution in [2.45, 2.75) is 19.3 Å². The first kappa shape index (κ1) is 25.8. The molecule has 1 aromatic heterocycles. The summed E-state index contributed by atoms with van der Waals surface area (Å²) >= 11 is 5.95. The maximum Gasteiger partial charge on any atom is 0.335 e. The summed E-state index contributed by atoms with van der Waals surface area (Å²) in [6.45, 7) is 1.41. The average Bonchev–Trinajstić information content (AvgIpc) is 2.88. The second kappa shape index (κ2) is 10.8. The summed E-state index contributed by atoms with van der Waals surface area (Å²) < 4.78 is 30.6. The van der Waals surface area contributed by atoms with Gasteiger partial charge in [0, 0.05) is 18.7 Å². The second-order valence-electron chi connectivity index (χ2n) is 8.39. The van der Waals surface area contributed by atoms with Gasteiger partial charge in [-0.3, -0.25) is 4.79 Å². The Morgan fingerprint density at radius 3 is 2.32 bits per heavy atom. The zero-order valence-corrected chi connectivity index (χ0v) is 20.3. The largest absolute Gasteiger partial charge is 0.618 e. The van der Waals surface area contributed by atoms with Crippen LogP contribution in [-0.4, -0.2) is 17.0 Å². The van der Waals surface area contributed by atoms with Gasteiger partial charge < -0.3 is 15.6 Å². The highest BCUT2D eigenvalue weighted by Crippen LogP contribution is 2.38. The van der Waals surface area contributed by atoms with Crippen LogP contribution in [0.15, 0.2) is 79.0 Å². The number of halogens is 3. The number of carboxylic acid groups (broad SMARTS) is 1. The van der Waals surface area contributed by atoms with Gasteiger partial charge >= 0.3 is 5.97 Å². The van der Waals surface area contributed by atoms with E-state index in [-0.39, 0.29) is 33.8 Å². The molecule has 0 saturated heterocycles. The number of anilines is 1. The molecule has 0 saturated carbocycles. The molecule has 188 valence electrons. The Bertz CT molecular complexity index is 1480. The Hall–Kier alpha value is -4.30. The van der Waals surface area contributed by atoms with Crippen LogP contribution in [0.2, 0.25) is 5.02 Å². The molecular formula is C28H21ClF2N2O4. The summed E-state index contributed by atoms with van der Waals surface area (Å²) in [5.74, 6) is -4.57. The van der Waals surface area contributed by atoms with Crippen molar-refractivity contribution in [1.82, 2.24) is 0 Å². The lowest BCUT2D eigenvalue weighted by Gasteiger charge is -2.22. The van der Waals surface area contributed by atoms with E-state index in [1.54, 1.807) is 12.1 Å². The van der Waals surface area contributed by atoms with Crippen LogP contribution in [0.25, 0.3) is 11.1 Å². The molecule has 0 aliphatic rings. The van der Waals surface area contributed by atoms with Crippen molar-refractivity contribution in [3.63, 3.8) is 0 Å². The lowest BCUT2D eigenvalue weighted by molar-refractivity contribution is -0.611. The zero-order valence-electron chi connectivity index (χ0n) is 19.5. The Morgan fingerprint density at radius 1 is 1.00 bits per heavy atom. The first-order valence-electron chi connectivity index (χ1n) is 11.2. The highest BCUT2D eigenvalue weighted by molar-refractivity contribution is 6.31. The molecule has 9 heteroatoms. The number of pyridine rings is 1. The van der Waals surface area contributed by atoms with Gasteiger partial charge in [-0.1, -0.05) is 41.9 Å². The molecule has 1 atom stereocenters. The van der Waals surface area contributed by atoms with E-state index in [1.807, 2.05) is 18.2 Å². The lowest BCUT2D eigenvalue weighted by Crippen LogP contribution is -2.32. The summed E-state index contributed by atoms with van der Waals surface area (Å²) in [7, 11) is 0. The molecule has 2 N–H and O–H groups in total. The third-order valence-corrected chi connectivity index (χ3v) is 6.33. The summed E-state index contributed by atoms with van der Waals surface area (Å²) in [6, 6.07) is 18.1. The molecule has 1 unspecified atom stereocenters. The van der Waals surface area contributed by atoms with Gasteiger partial charge in [0.1, 0.15) is 5.82 Å². The van der Waals surface area contributed by atoms with Crippen molar-refractivity contribution in [2.24, 2.45) is 0 Å². The van der Waals surface area contributed by atoms with Gasteiger partial charge in [-0.05, 0) is 53.9 Å². The molecule has 4 rings (SSSR count). The highest BCUT2D eigenvalue weighted by Gasteiger charge is 2.31. The van der Waals surface area contributed by atoms with E-state index in [2.05, 4.69) is 5.32 Å². The van der Waals surface area contributed by atoms with Crippen LogP contribution < -0.4 is 10.0 Å².